The quantitative estimate of drug-likeness (QED) is 0.739. The van der Waals surface area contributed by atoms with Gasteiger partial charge < -0.3 is 16.0 Å². The van der Waals surface area contributed by atoms with Gasteiger partial charge in [-0.25, -0.2) is 9.37 Å². The predicted molar refractivity (Wildman–Crippen MR) is 62.8 cm³/mol. The summed E-state index contributed by atoms with van der Waals surface area (Å²) in [7, 11) is 0. The van der Waals surface area contributed by atoms with Gasteiger partial charge in [-0.2, -0.15) is 0 Å². The number of nitrogens with two attached hydrogens (primary N) is 1. The van der Waals surface area contributed by atoms with Crippen LogP contribution in [0.4, 0.5) is 10.3 Å². The molecule has 1 unspecified atom stereocenters. The van der Waals surface area contributed by atoms with E-state index in [1.165, 1.54) is 12.1 Å². The Morgan fingerprint density at radius 1 is 1.56 bits per heavy atom. The highest BCUT2D eigenvalue weighted by Gasteiger charge is 2.03. The number of aromatic nitrogens is 2. The van der Waals surface area contributed by atoms with Crippen molar-refractivity contribution in [3.63, 3.8) is 0 Å². The van der Waals surface area contributed by atoms with Gasteiger partial charge in [0, 0.05) is 12.6 Å². The Morgan fingerprint density at radius 3 is 3.12 bits per heavy atom. The molecular formula is C11H15FN4. The van der Waals surface area contributed by atoms with E-state index in [0.29, 0.717) is 11.5 Å². The summed E-state index contributed by atoms with van der Waals surface area (Å²) in [6.45, 7) is 2.70. The summed E-state index contributed by atoms with van der Waals surface area (Å²) in [5, 5.41) is 3.12. The zero-order valence-corrected chi connectivity index (χ0v) is 9.13. The number of fused-ring (bicyclic) bond motifs is 1. The van der Waals surface area contributed by atoms with Gasteiger partial charge in [0.2, 0.25) is 5.95 Å². The van der Waals surface area contributed by atoms with Crippen LogP contribution < -0.4 is 11.1 Å². The van der Waals surface area contributed by atoms with Crippen LogP contribution >= 0.6 is 0 Å². The Labute approximate surface area is 93.1 Å². The molecule has 0 aliphatic heterocycles. The third kappa shape index (κ3) is 2.49. The lowest BCUT2D eigenvalue weighted by atomic mass is 10.2. The number of nitrogens with zero attached hydrogens (tertiary/aromatic N) is 1. The fourth-order valence-corrected chi connectivity index (χ4v) is 1.48. The minimum Gasteiger partial charge on any atom is -0.356 e. The highest BCUT2D eigenvalue weighted by atomic mass is 19.1. The second-order valence-corrected chi connectivity index (χ2v) is 3.94. The van der Waals surface area contributed by atoms with Crippen LogP contribution in [0.15, 0.2) is 18.2 Å². The molecule has 2 rings (SSSR count). The molecule has 1 atom stereocenters. The van der Waals surface area contributed by atoms with E-state index >= 15 is 0 Å². The molecule has 0 aliphatic carbocycles. The Morgan fingerprint density at radius 2 is 2.38 bits per heavy atom. The number of aromatic amines is 1. The highest BCUT2D eigenvalue weighted by molar-refractivity contribution is 5.77. The van der Waals surface area contributed by atoms with E-state index in [1.807, 2.05) is 6.92 Å². The summed E-state index contributed by atoms with van der Waals surface area (Å²) in [6.07, 6.45) is 0.866. The van der Waals surface area contributed by atoms with Crippen LogP contribution in [0.1, 0.15) is 13.3 Å². The number of halogens is 1. The van der Waals surface area contributed by atoms with Crippen molar-refractivity contribution in [1.29, 1.82) is 0 Å². The first-order chi connectivity index (χ1) is 7.65. The van der Waals surface area contributed by atoms with E-state index in [1.54, 1.807) is 6.07 Å². The van der Waals surface area contributed by atoms with Crippen LogP contribution in [0, 0.1) is 5.82 Å². The molecule has 0 saturated heterocycles. The van der Waals surface area contributed by atoms with Crippen molar-refractivity contribution in [2.75, 3.05) is 11.9 Å². The topological polar surface area (TPSA) is 66.7 Å². The fourth-order valence-electron chi connectivity index (χ4n) is 1.48. The van der Waals surface area contributed by atoms with Crippen LogP contribution in [-0.4, -0.2) is 22.6 Å². The van der Waals surface area contributed by atoms with E-state index in [4.69, 9.17) is 5.73 Å². The zero-order valence-electron chi connectivity index (χ0n) is 9.13. The molecule has 0 spiro atoms. The SMILES string of the molecule is CC(N)CCNc1nc2ccc(F)cc2[nH]1. The molecule has 16 heavy (non-hydrogen) atoms. The number of hydrogen-bond acceptors (Lipinski definition) is 3. The van der Waals surface area contributed by atoms with Gasteiger partial charge >= 0.3 is 0 Å². The lowest BCUT2D eigenvalue weighted by Crippen LogP contribution is -2.19. The molecule has 1 heterocycles. The molecule has 1 aromatic carbocycles. The van der Waals surface area contributed by atoms with Gasteiger partial charge in [0.1, 0.15) is 5.82 Å². The van der Waals surface area contributed by atoms with E-state index < -0.39 is 0 Å². The summed E-state index contributed by atoms with van der Waals surface area (Å²) >= 11 is 0. The summed E-state index contributed by atoms with van der Waals surface area (Å²) in [5.41, 5.74) is 7.08. The number of benzene rings is 1. The molecule has 4 nitrogen and oxygen atoms in total. The normalized spacial score (nSPS) is 12.9. The van der Waals surface area contributed by atoms with Crippen LogP contribution in [-0.2, 0) is 0 Å². The first kappa shape index (κ1) is 10.9. The molecule has 0 bridgehead atoms. The molecule has 0 radical (unpaired) electrons. The number of rotatable bonds is 4. The first-order valence-corrected chi connectivity index (χ1v) is 5.30. The van der Waals surface area contributed by atoms with Crippen molar-refractivity contribution >= 4 is 17.0 Å². The molecule has 5 heteroatoms. The average molecular weight is 222 g/mol. The maximum atomic E-state index is 12.9. The third-order valence-electron chi connectivity index (χ3n) is 2.34. The molecule has 2 aromatic rings. The van der Waals surface area contributed by atoms with Crippen molar-refractivity contribution in [1.82, 2.24) is 9.97 Å². The zero-order chi connectivity index (χ0) is 11.5. The number of nitrogens with one attached hydrogen (secondary N) is 2. The monoisotopic (exact) mass is 222 g/mol. The van der Waals surface area contributed by atoms with E-state index in [0.717, 1.165) is 18.5 Å². The van der Waals surface area contributed by atoms with Gasteiger partial charge in [0.15, 0.2) is 0 Å². The standard InChI is InChI=1S/C11H15FN4/c1-7(13)4-5-14-11-15-9-3-2-8(12)6-10(9)16-11/h2-3,6-7H,4-5,13H2,1H3,(H2,14,15,16). The Bertz CT molecular complexity index is 478. The maximum Gasteiger partial charge on any atom is 0.201 e. The predicted octanol–water partition coefficient (Wildman–Crippen LogP) is 1.85. The van der Waals surface area contributed by atoms with Crippen molar-refractivity contribution < 1.29 is 4.39 Å². The van der Waals surface area contributed by atoms with E-state index in [-0.39, 0.29) is 11.9 Å². The summed E-state index contributed by atoms with van der Waals surface area (Å²) in [5.74, 6) is 0.388. The van der Waals surface area contributed by atoms with Crippen LogP contribution in [0.5, 0.6) is 0 Å². The number of anilines is 1. The Balaban J connectivity index is 2.08. The summed E-state index contributed by atoms with van der Waals surface area (Å²) in [6, 6.07) is 4.64. The smallest absolute Gasteiger partial charge is 0.201 e. The van der Waals surface area contributed by atoms with Gasteiger partial charge in [-0.3, -0.25) is 0 Å². The lowest BCUT2D eigenvalue weighted by molar-refractivity contribution is 0.629. The number of H-pyrrole nitrogens is 1. The Kier molecular flexibility index (Phi) is 3.05. The van der Waals surface area contributed by atoms with Gasteiger partial charge in [-0.15, -0.1) is 0 Å². The van der Waals surface area contributed by atoms with Crippen molar-refractivity contribution in [3.05, 3.63) is 24.0 Å². The second kappa shape index (κ2) is 4.49. The largest absolute Gasteiger partial charge is 0.356 e. The van der Waals surface area contributed by atoms with Crippen LogP contribution in [0.2, 0.25) is 0 Å². The average Bonchev–Trinajstić information content (AvgIpc) is 2.58. The fraction of sp³-hybridized carbons (Fsp3) is 0.364. The van der Waals surface area contributed by atoms with Gasteiger partial charge in [0.05, 0.1) is 11.0 Å². The number of hydrogen-bond donors (Lipinski definition) is 3. The van der Waals surface area contributed by atoms with Gasteiger partial charge in [0.25, 0.3) is 0 Å². The summed E-state index contributed by atoms with van der Waals surface area (Å²) < 4.78 is 12.9. The molecule has 0 saturated carbocycles. The Hall–Kier alpha value is -1.62. The number of imidazole rings is 1. The first-order valence-electron chi connectivity index (χ1n) is 5.30. The van der Waals surface area contributed by atoms with Crippen LogP contribution in [0.3, 0.4) is 0 Å². The van der Waals surface area contributed by atoms with E-state index in [2.05, 4.69) is 15.3 Å². The molecule has 0 fully saturated rings. The van der Waals surface area contributed by atoms with Crippen molar-refractivity contribution in [2.45, 2.75) is 19.4 Å². The summed E-state index contributed by atoms with van der Waals surface area (Å²) in [4.78, 5) is 7.28. The minimum absolute atomic E-state index is 0.161. The second-order valence-electron chi connectivity index (χ2n) is 3.94. The lowest BCUT2D eigenvalue weighted by Gasteiger charge is -2.04. The van der Waals surface area contributed by atoms with Crippen LogP contribution in [0.25, 0.3) is 11.0 Å². The molecule has 4 N–H and O–H groups in total. The maximum absolute atomic E-state index is 12.9. The molecule has 1 aromatic heterocycles. The van der Waals surface area contributed by atoms with Crippen molar-refractivity contribution in [2.24, 2.45) is 5.73 Å². The third-order valence-corrected chi connectivity index (χ3v) is 2.34. The van der Waals surface area contributed by atoms with Gasteiger partial charge in [-0.1, -0.05) is 0 Å². The molecule has 0 amide bonds. The van der Waals surface area contributed by atoms with Crippen molar-refractivity contribution in [3.8, 4) is 0 Å². The molecule has 0 aliphatic rings. The van der Waals surface area contributed by atoms with E-state index in [9.17, 15) is 4.39 Å². The molecular weight excluding hydrogens is 207 g/mol. The minimum atomic E-state index is -0.265. The highest BCUT2D eigenvalue weighted by Crippen LogP contribution is 2.15. The van der Waals surface area contributed by atoms with Gasteiger partial charge in [-0.05, 0) is 31.5 Å². The molecule has 86 valence electrons.